The van der Waals surface area contributed by atoms with Crippen LogP contribution in [0.1, 0.15) is 41.4 Å². The van der Waals surface area contributed by atoms with Crippen LogP contribution in [0.5, 0.6) is 0 Å². The molecular weight excluding hydrogens is 206 g/mol. The van der Waals surface area contributed by atoms with Crippen molar-refractivity contribution in [2.45, 2.75) is 27.5 Å². The number of rotatable bonds is 1. The summed E-state index contributed by atoms with van der Waals surface area (Å²) in [5.41, 5.74) is -3.10. The minimum Gasteiger partial charge on any atom is -0.201 e. The van der Waals surface area contributed by atoms with Gasteiger partial charge in [-0.2, -0.15) is 0 Å². The van der Waals surface area contributed by atoms with Gasteiger partial charge in [-0.3, -0.25) is 0 Å². The molecule has 0 aliphatic carbocycles. The second kappa shape index (κ2) is 4.33. The third-order valence-corrected chi connectivity index (χ3v) is 2.35. The Hall–Kier alpha value is -1.63. The lowest BCUT2D eigenvalue weighted by Crippen LogP contribution is -2.31. The largest absolute Gasteiger partial charge is 0.212 e. The van der Waals surface area contributed by atoms with Gasteiger partial charge in [-0.25, -0.2) is 4.57 Å². The first-order valence-corrected chi connectivity index (χ1v) is 4.89. The Bertz CT molecular complexity index is 1030. The topological polar surface area (TPSA) is 3.88 Å². The smallest absolute Gasteiger partial charge is 0.201 e. The van der Waals surface area contributed by atoms with E-state index in [0.717, 1.165) is 4.57 Å². The van der Waals surface area contributed by atoms with Crippen molar-refractivity contribution in [1.82, 2.24) is 0 Å². The van der Waals surface area contributed by atoms with E-state index in [1.165, 1.54) is 14.0 Å². The van der Waals surface area contributed by atoms with E-state index in [1.54, 1.807) is 0 Å². The van der Waals surface area contributed by atoms with E-state index >= 15 is 0 Å². The molecule has 0 bridgehead atoms. The number of aromatic nitrogens is 1. The fourth-order valence-electron chi connectivity index (χ4n) is 1.51. The predicted octanol–water partition coefficient (Wildman–Crippen LogP) is 3.41. The summed E-state index contributed by atoms with van der Waals surface area (Å²) in [6.45, 7) is -7.66. The van der Waals surface area contributed by atoms with Gasteiger partial charge in [0.2, 0.25) is 5.69 Å². The molecule has 0 saturated carbocycles. The predicted molar refractivity (Wildman–Crippen MR) is 72.0 cm³/mol. The summed E-state index contributed by atoms with van der Waals surface area (Å²) in [6, 6.07) is -2.81. The van der Waals surface area contributed by atoms with Crippen molar-refractivity contribution >= 4 is 0 Å². The van der Waals surface area contributed by atoms with Crippen LogP contribution in [0.4, 0.5) is 0 Å². The molecule has 0 radical (unpaired) electrons. The van der Waals surface area contributed by atoms with Gasteiger partial charge in [0.25, 0.3) is 0 Å². The molecule has 1 nitrogen and oxygen atoms in total. The number of hydrogen-bond donors (Lipinski definition) is 0. The Kier molecular flexibility index (Phi) is 0.876. The van der Waals surface area contributed by atoms with Gasteiger partial charge < -0.3 is 0 Å². The minimum atomic E-state index is -3.08. The quantitative estimate of drug-likeness (QED) is 0.673. The average Bonchev–Trinajstić information content (AvgIpc) is 2.55. The summed E-state index contributed by atoms with van der Waals surface area (Å²) in [5.74, 6) is 0. The maximum Gasteiger partial charge on any atom is 0.212 e. The van der Waals surface area contributed by atoms with Crippen LogP contribution in [0.2, 0.25) is 0 Å². The first-order valence-electron chi connectivity index (χ1n) is 11.9. The zero-order valence-corrected chi connectivity index (χ0v) is 9.45. The van der Waals surface area contributed by atoms with Crippen molar-refractivity contribution in [3.8, 4) is 11.3 Å². The van der Waals surface area contributed by atoms with Gasteiger partial charge in [-0.05, 0) is 44.6 Å². The van der Waals surface area contributed by atoms with Gasteiger partial charge in [-0.1, -0.05) is 17.6 Å². The van der Waals surface area contributed by atoms with Gasteiger partial charge in [-0.15, -0.1) is 0 Å². The van der Waals surface area contributed by atoms with E-state index in [1.807, 2.05) is 0 Å². The molecule has 2 aromatic rings. The highest BCUT2D eigenvalue weighted by Crippen LogP contribution is 2.22. The minimum absolute atomic E-state index is 0.103. The highest BCUT2D eigenvalue weighted by Gasteiger charge is 2.13. The van der Waals surface area contributed by atoms with Gasteiger partial charge in [0.1, 0.15) is 8.42 Å². The molecule has 0 aliphatic heterocycles. The first-order chi connectivity index (χ1) is 13.7. The molecule has 0 aliphatic rings. The summed E-state index contributed by atoms with van der Waals surface area (Å²) < 4.78 is 111. The molecule has 1 aromatic carbocycles. The van der Waals surface area contributed by atoms with Crippen LogP contribution in [-0.4, -0.2) is 0 Å². The van der Waals surface area contributed by atoms with Crippen LogP contribution >= 0.6 is 0 Å². The SMILES string of the molecule is [2H]c1c([2H])c(C([2H])([2H])[2H])c([2H])c(C)c1-c1c([2H])c(C([2H])([2H])[2H])c(C([2H])([2H])[2H])c([2H])[n+]1C. The van der Waals surface area contributed by atoms with Gasteiger partial charge >= 0.3 is 0 Å². The highest BCUT2D eigenvalue weighted by atomic mass is 14.9. The van der Waals surface area contributed by atoms with E-state index in [4.69, 9.17) is 19.2 Å². The molecule has 2 rings (SSSR count). The second-order valence-corrected chi connectivity index (χ2v) is 3.64. The molecule has 88 valence electrons. The van der Waals surface area contributed by atoms with Crippen molar-refractivity contribution < 1.29 is 23.8 Å². The van der Waals surface area contributed by atoms with E-state index in [0.29, 0.717) is 0 Å². The Morgan fingerprint density at radius 3 is 2.59 bits per heavy atom. The molecule has 0 atom stereocenters. The normalized spacial score (nSPS) is 24.8. The standard InChI is InChI=1S/C16H20N/c1-11-6-7-15(13(3)8-11)16-9-12(2)14(4)10-17(16)5/h6-10H,1-5H3/q+1/i1D3,2D3,4D3,6D,7D,8D,9D,10D. The molecule has 0 saturated heterocycles. The van der Waals surface area contributed by atoms with Crippen molar-refractivity contribution in [2.24, 2.45) is 7.05 Å². The molecule has 17 heavy (non-hydrogen) atoms. The molecular formula is C16H20N+. The lowest BCUT2D eigenvalue weighted by molar-refractivity contribution is -0.660. The summed E-state index contributed by atoms with van der Waals surface area (Å²) in [6.07, 6.45) is -0.728. The molecule has 0 fully saturated rings. The number of hydrogen-bond acceptors (Lipinski definition) is 0. The number of benzene rings is 1. The number of pyridine rings is 1. The van der Waals surface area contributed by atoms with Crippen LogP contribution in [-0.2, 0) is 7.05 Å². The Labute approximate surface area is 123 Å². The lowest BCUT2D eigenvalue weighted by atomic mass is 10.0. The van der Waals surface area contributed by atoms with Crippen molar-refractivity contribution in [3.05, 3.63) is 52.6 Å². The van der Waals surface area contributed by atoms with E-state index in [-0.39, 0.29) is 16.8 Å². The molecule has 0 N–H and O–H groups in total. The summed E-state index contributed by atoms with van der Waals surface area (Å²) in [5, 5.41) is 0. The molecule has 1 heterocycles. The third-order valence-electron chi connectivity index (χ3n) is 2.35. The van der Waals surface area contributed by atoms with E-state index in [9.17, 15) is 0 Å². The maximum atomic E-state index is 8.48. The molecule has 0 amide bonds. The number of nitrogens with zero attached hydrogens (tertiary/aromatic N) is 1. The van der Waals surface area contributed by atoms with Crippen LogP contribution in [0.3, 0.4) is 0 Å². The molecule has 0 spiro atoms. The monoisotopic (exact) mass is 240 g/mol. The van der Waals surface area contributed by atoms with Crippen LogP contribution in [0.15, 0.2) is 30.3 Å². The maximum absolute atomic E-state index is 8.48. The van der Waals surface area contributed by atoms with Gasteiger partial charge in [0.15, 0.2) is 6.17 Å². The van der Waals surface area contributed by atoms with Crippen molar-refractivity contribution in [2.75, 3.05) is 0 Å². The van der Waals surface area contributed by atoms with Crippen LogP contribution < -0.4 is 4.57 Å². The van der Waals surface area contributed by atoms with Gasteiger partial charge in [0.05, 0.1) is 5.48 Å². The van der Waals surface area contributed by atoms with Crippen LogP contribution in [0, 0.1) is 27.5 Å². The fraction of sp³-hybridized carbons (Fsp3) is 0.312. The Balaban J connectivity index is 3.17. The Morgan fingerprint density at radius 1 is 1.06 bits per heavy atom. The molecule has 1 heteroatoms. The summed E-state index contributed by atoms with van der Waals surface area (Å²) in [4.78, 5) is 0. The molecule has 0 unspecified atom stereocenters. The Morgan fingerprint density at radius 2 is 1.88 bits per heavy atom. The van der Waals surface area contributed by atoms with Gasteiger partial charge in [0, 0.05) is 29.5 Å². The molecule has 1 aromatic heterocycles. The zero-order chi connectivity index (χ0) is 24.4. The fourth-order valence-corrected chi connectivity index (χ4v) is 1.51. The van der Waals surface area contributed by atoms with Crippen LogP contribution in [0.25, 0.3) is 11.3 Å². The first kappa shape index (κ1) is 3.44. The lowest BCUT2D eigenvalue weighted by Gasteiger charge is -2.07. The van der Waals surface area contributed by atoms with Crippen molar-refractivity contribution in [1.29, 1.82) is 0 Å². The summed E-state index contributed by atoms with van der Waals surface area (Å²) in [7, 11) is 1.21. The average molecular weight is 240 g/mol. The highest BCUT2D eigenvalue weighted by molar-refractivity contribution is 5.62. The van der Waals surface area contributed by atoms with E-state index < -0.39 is 67.6 Å². The third kappa shape index (κ3) is 2.23. The van der Waals surface area contributed by atoms with Crippen molar-refractivity contribution in [3.63, 3.8) is 0 Å². The van der Waals surface area contributed by atoms with E-state index in [2.05, 4.69) is 0 Å². The zero-order valence-electron chi connectivity index (χ0n) is 23.4. The summed E-state index contributed by atoms with van der Waals surface area (Å²) >= 11 is 0. The second-order valence-electron chi connectivity index (χ2n) is 3.64.